The summed E-state index contributed by atoms with van der Waals surface area (Å²) in [6.07, 6.45) is 2.15. The number of amides is 1. The molecule has 0 aliphatic carbocycles. The van der Waals surface area contributed by atoms with Gasteiger partial charge in [0.25, 0.3) is 0 Å². The second-order valence-corrected chi connectivity index (χ2v) is 16.4. The number of aromatic hydroxyl groups is 3. The molecule has 3 aliphatic heterocycles. The maximum atomic E-state index is 12.4. The molecule has 16 heteroatoms. The average Bonchev–Trinajstić information content (AvgIpc) is 3.68. The molecule has 3 N–H and O–H groups in total. The van der Waals surface area contributed by atoms with Crippen molar-refractivity contribution in [1.29, 1.82) is 0 Å². The highest BCUT2D eigenvalue weighted by Gasteiger charge is 2.30. The number of phenolic OH excluding ortho intramolecular Hbond substituents is 2. The van der Waals surface area contributed by atoms with Crippen LogP contribution in [0.5, 0.6) is 23.5 Å². The standard InChI is InChI=1S/C46H49ClN10O5/c1-3-41(60)54-20-22-55(23-21-54)43-34-14-15-56(38-9-5-7-32-6-4-8-36(47)42(32)38)29-37(34)48-45(49-43)62-25-24-52-16-18-53(19-17-52)28-31-10-12-33(13-11-31)57-44(50-51-46(57)61)35-26-30(2)39(58)27-40(35)59/h3-13,26-27,58-59H,1,14-25,28-29H2,2H3,(H,51,61). The molecule has 3 aliphatic rings. The molecular formula is C46H49ClN10O5. The molecule has 62 heavy (non-hydrogen) atoms. The largest absolute Gasteiger partial charge is 0.508 e. The topological polar surface area (TPSA) is 160 Å². The summed E-state index contributed by atoms with van der Waals surface area (Å²) >= 11 is 6.76. The van der Waals surface area contributed by atoms with Crippen LogP contribution < -0.4 is 14.5 Å². The molecule has 1 amide bonds. The number of carbonyl (C=O) groups is 1. The van der Waals surface area contributed by atoms with Gasteiger partial charge in [-0.25, -0.2) is 4.57 Å². The summed E-state index contributed by atoms with van der Waals surface area (Å²) in [4.78, 5) is 33.7. The Hall–Kier alpha value is -6.42. The van der Waals surface area contributed by atoms with Gasteiger partial charge in [-0.1, -0.05) is 59.7 Å². The van der Waals surface area contributed by atoms with Crippen LogP contribution in [-0.4, -0.2) is 133 Å². The van der Waals surface area contributed by atoms with E-state index in [2.05, 4.69) is 60.6 Å². The highest BCUT2D eigenvalue weighted by atomic mass is 35.5. The number of hydrogen-bond acceptors (Lipinski definition) is 13. The van der Waals surface area contributed by atoms with Crippen molar-refractivity contribution in [3.05, 3.63) is 113 Å². The number of hydrogen-bond donors (Lipinski definition) is 3. The van der Waals surface area contributed by atoms with E-state index in [-0.39, 0.29) is 29.2 Å². The number of aryl methyl sites for hydroxylation is 1. The van der Waals surface area contributed by atoms with Crippen LogP contribution in [0.25, 0.3) is 27.8 Å². The van der Waals surface area contributed by atoms with Gasteiger partial charge in [0.15, 0.2) is 5.82 Å². The van der Waals surface area contributed by atoms with E-state index in [4.69, 9.17) is 26.3 Å². The van der Waals surface area contributed by atoms with Crippen molar-refractivity contribution in [2.75, 3.05) is 81.9 Å². The molecule has 320 valence electrons. The molecular weight excluding hydrogens is 808 g/mol. The van der Waals surface area contributed by atoms with Gasteiger partial charge < -0.3 is 34.8 Å². The summed E-state index contributed by atoms with van der Waals surface area (Å²) in [5, 5.41) is 41.9. The van der Waals surface area contributed by atoms with Crippen LogP contribution in [0.15, 0.2) is 85.5 Å². The van der Waals surface area contributed by atoms with Crippen molar-refractivity contribution >= 4 is 39.8 Å². The molecule has 0 bridgehead atoms. The first-order chi connectivity index (χ1) is 30.1. The minimum atomic E-state index is -0.303. The number of ether oxygens (including phenoxy) is 1. The number of nitrogens with zero attached hydrogens (tertiary/aromatic N) is 10. The molecule has 0 saturated carbocycles. The van der Waals surface area contributed by atoms with E-state index < -0.39 is 0 Å². The molecule has 6 aromatic rings. The third kappa shape index (κ3) is 8.30. The van der Waals surface area contributed by atoms with E-state index in [0.29, 0.717) is 62.2 Å². The summed E-state index contributed by atoms with van der Waals surface area (Å²) in [5.41, 5.74) is 5.83. The Bertz CT molecular complexity index is 2620. The highest BCUT2D eigenvalue weighted by molar-refractivity contribution is 6.36. The number of piperazine rings is 2. The van der Waals surface area contributed by atoms with Crippen molar-refractivity contribution in [2.24, 2.45) is 0 Å². The Labute approximate surface area is 364 Å². The lowest BCUT2D eigenvalue weighted by Gasteiger charge is -2.38. The lowest BCUT2D eigenvalue weighted by Crippen LogP contribution is -2.49. The van der Waals surface area contributed by atoms with Crippen molar-refractivity contribution in [1.82, 2.24) is 39.4 Å². The van der Waals surface area contributed by atoms with Crippen molar-refractivity contribution in [3.63, 3.8) is 0 Å². The zero-order chi connectivity index (χ0) is 42.9. The first kappa shape index (κ1) is 41.0. The molecule has 2 fully saturated rings. The van der Waals surface area contributed by atoms with Gasteiger partial charge in [0.1, 0.15) is 23.9 Å². The summed E-state index contributed by atoms with van der Waals surface area (Å²) in [6, 6.07) is 23.1. The van der Waals surface area contributed by atoms with Gasteiger partial charge in [0.05, 0.1) is 28.5 Å². The number of benzene rings is 4. The fourth-order valence-corrected chi connectivity index (χ4v) is 9.00. The molecule has 15 nitrogen and oxygen atoms in total. The van der Waals surface area contributed by atoms with Crippen LogP contribution in [0.2, 0.25) is 5.02 Å². The maximum Gasteiger partial charge on any atom is 0.319 e. The van der Waals surface area contributed by atoms with Gasteiger partial charge in [-0.2, -0.15) is 9.97 Å². The fourth-order valence-electron chi connectivity index (χ4n) is 8.73. The third-order valence-electron chi connectivity index (χ3n) is 12.2. The van der Waals surface area contributed by atoms with Gasteiger partial charge in [-0.15, -0.1) is 5.10 Å². The Morgan fingerprint density at radius 3 is 2.34 bits per heavy atom. The Morgan fingerprint density at radius 2 is 1.58 bits per heavy atom. The van der Waals surface area contributed by atoms with Gasteiger partial charge in [0.2, 0.25) is 5.91 Å². The van der Waals surface area contributed by atoms with Gasteiger partial charge in [-0.05, 0) is 66.3 Å². The Balaban J connectivity index is 0.835. The van der Waals surface area contributed by atoms with Gasteiger partial charge in [0, 0.05) is 94.7 Å². The van der Waals surface area contributed by atoms with E-state index in [1.807, 2.05) is 41.3 Å². The lowest BCUT2D eigenvalue weighted by molar-refractivity contribution is -0.126. The molecule has 0 atom stereocenters. The van der Waals surface area contributed by atoms with Crippen molar-refractivity contribution < 1.29 is 24.9 Å². The predicted octanol–water partition coefficient (Wildman–Crippen LogP) is 5.55. The smallest absolute Gasteiger partial charge is 0.319 e. The van der Waals surface area contributed by atoms with Crippen molar-refractivity contribution in [2.45, 2.75) is 26.4 Å². The second kappa shape index (κ2) is 17.5. The number of rotatable bonds is 11. The van der Waals surface area contributed by atoms with Crippen molar-refractivity contribution in [3.8, 4) is 40.6 Å². The molecule has 5 heterocycles. The number of phenols is 2. The normalized spacial score (nSPS) is 16.1. The highest BCUT2D eigenvalue weighted by Crippen LogP contribution is 2.38. The SMILES string of the molecule is C=CC(=O)N1CCN(c2nc(OCCN3CCN(Cc4ccc(-n5c(O)nnc5-c5cc(C)c(O)cc5O)cc4)CC3)nc3c2CCN(c2cccc4cccc(Cl)c24)C3)CC1. The van der Waals surface area contributed by atoms with E-state index in [9.17, 15) is 20.1 Å². The molecule has 2 saturated heterocycles. The zero-order valence-corrected chi connectivity index (χ0v) is 35.4. The van der Waals surface area contributed by atoms with E-state index >= 15 is 0 Å². The number of aromatic nitrogens is 5. The molecule has 9 rings (SSSR count). The maximum absolute atomic E-state index is 12.4. The van der Waals surface area contributed by atoms with E-state index in [1.165, 1.54) is 16.7 Å². The van der Waals surface area contributed by atoms with E-state index in [1.54, 1.807) is 13.0 Å². The van der Waals surface area contributed by atoms with Crippen LogP contribution in [0.3, 0.4) is 0 Å². The molecule has 0 radical (unpaired) electrons. The number of carbonyl (C=O) groups excluding carboxylic acids is 1. The molecule has 0 unspecified atom stereocenters. The summed E-state index contributed by atoms with van der Waals surface area (Å²) in [7, 11) is 0. The molecule has 0 spiro atoms. The minimum absolute atomic E-state index is 0.0300. The van der Waals surface area contributed by atoms with Crippen LogP contribution in [0, 0.1) is 6.92 Å². The quantitative estimate of drug-likeness (QED) is 0.140. The number of fused-ring (bicyclic) bond motifs is 2. The zero-order valence-electron chi connectivity index (χ0n) is 34.6. The first-order valence-corrected chi connectivity index (χ1v) is 21.3. The van der Waals surface area contributed by atoms with Crippen LogP contribution in [0.1, 0.15) is 22.4 Å². The summed E-state index contributed by atoms with van der Waals surface area (Å²) in [5.74, 6) is 0.909. The predicted molar refractivity (Wildman–Crippen MR) is 238 cm³/mol. The summed E-state index contributed by atoms with van der Waals surface area (Å²) in [6.45, 7) is 14.8. The Morgan fingerprint density at radius 1 is 0.839 bits per heavy atom. The third-order valence-corrected chi connectivity index (χ3v) is 12.5. The van der Waals surface area contributed by atoms with Crippen LogP contribution in [0.4, 0.5) is 11.5 Å². The van der Waals surface area contributed by atoms with Crippen LogP contribution in [-0.2, 0) is 24.3 Å². The number of halogens is 1. The average molecular weight is 857 g/mol. The fraction of sp³-hybridized carbons (Fsp3) is 0.326. The second-order valence-electron chi connectivity index (χ2n) is 16.0. The molecule has 2 aromatic heterocycles. The summed E-state index contributed by atoms with van der Waals surface area (Å²) < 4.78 is 7.84. The van der Waals surface area contributed by atoms with Crippen LogP contribution >= 0.6 is 11.6 Å². The lowest BCUT2D eigenvalue weighted by atomic mass is 10.0. The number of anilines is 2. The minimum Gasteiger partial charge on any atom is -0.508 e. The first-order valence-electron chi connectivity index (χ1n) is 21.0. The van der Waals surface area contributed by atoms with Gasteiger partial charge >= 0.3 is 12.0 Å². The van der Waals surface area contributed by atoms with E-state index in [0.717, 1.165) is 96.4 Å². The monoisotopic (exact) mass is 856 g/mol. The Kier molecular flexibility index (Phi) is 11.6. The molecule has 4 aromatic carbocycles. The van der Waals surface area contributed by atoms with Gasteiger partial charge in [-0.3, -0.25) is 14.6 Å².